The summed E-state index contributed by atoms with van der Waals surface area (Å²) in [5, 5.41) is 0. The van der Waals surface area contributed by atoms with Crippen molar-refractivity contribution in [3.63, 3.8) is 0 Å². The number of benzene rings is 2. The van der Waals surface area contributed by atoms with Crippen LogP contribution >= 0.6 is 0 Å². The van der Waals surface area contributed by atoms with E-state index in [1.54, 1.807) is 0 Å². The van der Waals surface area contributed by atoms with Gasteiger partial charge < -0.3 is 0 Å². The smallest absolute Gasteiger partial charge is 0.199 e. The van der Waals surface area contributed by atoms with Gasteiger partial charge in [0.2, 0.25) is 0 Å². The third-order valence-electron chi connectivity index (χ3n) is 3.28. The zero-order valence-corrected chi connectivity index (χ0v) is 10.1. The van der Waals surface area contributed by atoms with E-state index in [-0.39, 0.29) is 0 Å². The van der Waals surface area contributed by atoms with E-state index in [0.29, 0.717) is 0 Å². The molecule has 1 aliphatic heterocycles. The van der Waals surface area contributed by atoms with Crippen LogP contribution in [0.15, 0.2) is 58.3 Å². The number of hydrogen-bond donors (Lipinski definition) is 1. The monoisotopic (exact) mass is 228 g/mol. The summed E-state index contributed by atoms with van der Waals surface area (Å²) in [6, 6.07) is 16.2. The molecule has 0 aromatic heterocycles. The van der Waals surface area contributed by atoms with Crippen LogP contribution in [0.25, 0.3) is 0 Å². The second-order valence-corrected chi connectivity index (χ2v) is 7.17. The Balaban J connectivity index is 2.33. The molecule has 0 amide bonds. The second kappa shape index (κ2) is 3.32. The molecule has 0 radical (unpaired) electrons. The Morgan fingerprint density at radius 2 is 1.31 bits per heavy atom. The quantitative estimate of drug-likeness (QED) is 0.535. The van der Waals surface area contributed by atoms with Crippen molar-refractivity contribution in [3.8, 4) is 0 Å². The van der Waals surface area contributed by atoms with Crippen molar-refractivity contribution in [2.24, 2.45) is 0 Å². The van der Waals surface area contributed by atoms with Crippen molar-refractivity contribution in [2.75, 3.05) is 0 Å². The fraction of sp³-hybridized carbons (Fsp3) is 0.0769. The van der Waals surface area contributed by atoms with Gasteiger partial charge in [0.25, 0.3) is 0 Å². The Morgan fingerprint density at radius 1 is 0.875 bits per heavy atom. The molecule has 0 aliphatic carbocycles. The molecule has 1 nitrogen and oxygen atoms in total. The lowest BCUT2D eigenvalue weighted by molar-refractivity contribution is 0.676. The Hall–Kier alpha value is -1.35. The van der Waals surface area contributed by atoms with Crippen LogP contribution in [0, 0.1) is 0 Å². The summed E-state index contributed by atoms with van der Waals surface area (Å²) in [5.41, 5.74) is 2.43. The largest absolute Gasteiger partial charge is 0.286 e. The van der Waals surface area contributed by atoms with E-state index in [4.69, 9.17) is 0 Å². The zero-order chi connectivity index (χ0) is 11.2. The standard InChI is InChI=1S/C13H13BOS/c14-16(15)12-7-3-1-5-10(12)9-11-6-2-4-8-13(11)16/h1-8,16H,9,14H2. The van der Waals surface area contributed by atoms with E-state index in [2.05, 4.69) is 12.1 Å². The van der Waals surface area contributed by atoms with E-state index in [1.807, 2.05) is 43.5 Å². The molecule has 0 unspecified atom stereocenters. The Bertz CT molecular complexity index is 557. The van der Waals surface area contributed by atoms with E-state index in [9.17, 15) is 4.21 Å². The van der Waals surface area contributed by atoms with Crippen LogP contribution in [0.3, 0.4) is 0 Å². The molecule has 1 heterocycles. The molecule has 80 valence electrons. The first-order chi connectivity index (χ1) is 7.69. The lowest BCUT2D eigenvalue weighted by atomic mass is 10.0. The number of rotatable bonds is 0. The molecule has 3 heteroatoms. The molecule has 0 bridgehead atoms. The van der Waals surface area contributed by atoms with E-state index < -0.39 is 9.78 Å². The number of thiol groups is 1. The van der Waals surface area contributed by atoms with Crippen molar-refractivity contribution in [2.45, 2.75) is 16.2 Å². The minimum absolute atomic E-state index is 0.907. The van der Waals surface area contributed by atoms with Gasteiger partial charge in [-0.3, -0.25) is 4.21 Å². The predicted molar refractivity (Wildman–Crippen MR) is 70.3 cm³/mol. The van der Waals surface area contributed by atoms with Crippen molar-refractivity contribution in [1.82, 2.24) is 0 Å². The predicted octanol–water partition coefficient (Wildman–Crippen LogP) is 1.57. The minimum Gasteiger partial charge on any atom is -0.286 e. The van der Waals surface area contributed by atoms with Gasteiger partial charge in [-0.05, 0) is 29.7 Å². The highest BCUT2D eigenvalue weighted by molar-refractivity contribution is 8.22. The van der Waals surface area contributed by atoms with Crippen LogP contribution in [-0.2, 0) is 16.2 Å². The highest BCUT2D eigenvalue weighted by Crippen LogP contribution is 2.36. The normalized spacial score (nSPS) is 18.2. The maximum atomic E-state index is 12.9. The molecule has 2 aromatic carbocycles. The average molecular weight is 228 g/mol. The van der Waals surface area contributed by atoms with Gasteiger partial charge in [-0.25, -0.2) is 0 Å². The summed E-state index contributed by atoms with van der Waals surface area (Å²) in [4.78, 5) is 2.07. The highest BCUT2D eigenvalue weighted by Gasteiger charge is 2.25. The Kier molecular flexibility index (Phi) is 2.05. The summed E-state index contributed by atoms with van der Waals surface area (Å²) in [6.07, 6.45) is 0.907. The first-order valence-electron chi connectivity index (χ1n) is 5.44. The van der Waals surface area contributed by atoms with Crippen LogP contribution in [-0.4, -0.2) is 11.3 Å². The second-order valence-electron chi connectivity index (χ2n) is 4.36. The number of hydrogen-bond acceptors (Lipinski definition) is 1. The molecule has 16 heavy (non-hydrogen) atoms. The summed E-state index contributed by atoms with van der Waals surface area (Å²) in [5.74, 6) is 0. The first-order valence-corrected chi connectivity index (χ1v) is 7.59. The lowest BCUT2D eigenvalue weighted by Crippen LogP contribution is -2.21. The van der Waals surface area contributed by atoms with Gasteiger partial charge in [0, 0.05) is 9.79 Å². The summed E-state index contributed by atoms with van der Waals surface area (Å²) < 4.78 is 12.9. The molecule has 0 N–H and O–H groups in total. The molecule has 2 aromatic rings. The van der Waals surface area contributed by atoms with E-state index in [0.717, 1.165) is 16.2 Å². The van der Waals surface area contributed by atoms with Crippen LogP contribution in [0.5, 0.6) is 0 Å². The van der Waals surface area contributed by atoms with Gasteiger partial charge >= 0.3 is 0 Å². The van der Waals surface area contributed by atoms with Gasteiger partial charge in [-0.1, -0.05) is 46.2 Å². The van der Waals surface area contributed by atoms with Crippen molar-refractivity contribution < 1.29 is 4.21 Å². The zero-order valence-electron chi connectivity index (χ0n) is 9.18. The van der Waals surface area contributed by atoms with E-state index >= 15 is 0 Å². The van der Waals surface area contributed by atoms with Crippen molar-refractivity contribution in [1.29, 1.82) is 0 Å². The van der Waals surface area contributed by atoms with E-state index in [1.165, 1.54) is 11.1 Å². The molecule has 0 saturated heterocycles. The van der Waals surface area contributed by atoms with Gasteiger partial charge in [-0.15, -0.1) is 0 Å². The Morgan fingerprint density at radius 3 is 1.81 bits per heavy atom. The van der Waals surface area contributed by atoms with Crippen LogP contribution in [0.1, 0.15) is 11.1 Å². The van der Waals surface area contributed by atoms with Gasteiger partial charge in [-0.2, -0.15) is 0 Å². The summed E-state index contributed by atoms with van der Waals surface area (Å²) in [7, 11) is -0.488. The van der Waals surface area contributed by atoms with Gasteiger partial charge in [0.15, 0.2) is 7.12 Å². The van der Waals surface area contributed by atoms with Crippen LogP contribution in [0.2, 0.25) is 0 Å². The molecular formula is C13H13BOS. The topological polar surface area (TPSA) is 17.1 Å². The summed E-state index contributed by atoms with van der Waals surface area (Å²) >= 11 is 0. The lowest BCUT2D eigenvalue weighted by Gasteiger charge is -2.30. The third-order valence-corrected chi connectivity index (χ3v) is 5.99. The van der Waals surface area contributed by atoms with Crippen LogP contribution < -0.4 is 0 Å². The fourth-order valence-corrected chi connectivity index (χ4v) is 4.89. The van der Waals surface area contributed by atoms with Crippen molar-refractivity contribution in [3.05, 3.63) is 59.7 Å². The SMILES string of the molecule is B[SH]1(=O)c2ccccc2Cc2ccccc21. The fourth-order valence-electron chi connectivity index (χ4n) is 2.49. The Labute approximate surface area is 97.2 Å². The molecule has 0 spiro atoms. The average Bonchev–Trinajstić information content (AvgIpc) is 2.29. The molecule has 3 rings (SSSR count). The molecule has 0 saturated carbocycles. The molecule has 0 atom stereocenters. The molecular weight excluding hydrogens is 215 g/mol. The maximum Gasteiger partial charge on any atom is 0.199 e. The summed E-state index contributed by atoms with van der Waals surface area (Å²) in [6.45, 7) is 0. The number of fused-ring (bicyclic) bond motifs is 2. The van der Waals surface area contributed by atoms with Crippen LogP contribution in [0.4, 0.5) is 0 Å². The third kappa shape index (κ3) is 1.28. The highest BCUT2D eigenvalue weighted by atomic mass is 32.2. The molecule has 0 fully saturated rings. The van der Waals surface area contributed by atoms with Crippen molar-refractivity contribution >= 4 is 16.9 Å². The maximum absolute atomic E-state index is 12.9. The minimum atomic E-state index is -2.37. The molecule has 1 aliphatic rings. The first kappa shape index (κ1) is 9.85. The van der Waals surface area contributed by atoms with Gasteiger partial charge in [0.1, 0.15) is 0 Å². The van der Waals surface area contributed by atoms with Gasteiger partial charge in [0.05, 0.1) is 0 Å².